The Morgan fingerprint density at radius 2 is 2.13 bits per heavy atom. The molecule has 0 aromatic heterocycles. The highest BCUT2D eigenvalue weighted by molar-refractivity contribution is 5.89. The monoisotopic (exact) mass is 208 g/mol. The molecule has 0 amide bonds. The van der Waals surface area contributed by atoms with Gasteiger partial charge in [-0.05, 0) is 36.6 Å². The zero-order valence-corrected chi connectivity index (χ0v) is 9.28. The van der Waals surface area contributed by atoms with Crippen LogP contribution in [0.25, 0.3) is 0 Å². The number of ether oxygens (including phenoxy) is 1. The lowest BCUT2D eigenvalue weighted by Crippen LogP contribution is -2.05. The van der Waals surface area contributed by atoms with Gasteiger partial charge in [0.2, 0.25) is 0 Å². The number of carbonyl (C=O) groups is 1. The average molecular weight is 208 g/mol. The molecule has 3 nitrogen and oxygen atoms in total. The number of phenols is 1. The highest BCUT2D eigenvalue weighted by Crippen LogP contribution is 2.26. The van der Waals surface area contributed by atoms with E-state index in [9.17, 15) is 9.90 Å². The molecule has 0 bridgehead atoms. The molecule has 0 fully saturated rings. The van der Waals surface area contributed by atoms with Crippen LogP contribution in [0.3, 0.4) is 0 Å². The molecule has 1 N–H and O–H groups in total. The van der Waals surface area contributed by atoms with Crippen molar-refractivity contribution in [2.24, 2.45) is 0 Å². The van der Waals surface area contributed by atoms with Crippen molar-refractivity contribution in [1.82, 2.24) is 0 Å². The van der Waals surface area contributed by atoms with Crippen LogP contribution in [0, 0.1) is 0 Å². The Morgan fingerprint density at radius 1 is 1.47 bits per heavy atom. The van der Waals surface area contributed by atoms with Crippen molar-refractivity contribution in [3.05, 3.63) is 29.3 Å². The number of esters is 1. The molecule has 82 valence electrons. The minimum absolute atomic E-state index is 0.180. The van der Waals surface area contributed by atoms with E-state index in [2.05, 4.69) is 0 Å². The smallest absolute Gasteiger partial charge is 0.338 e. The molecule has 3 heteroatoms. The predicted octanol–water partition coefficient (Wildman–Crippen LogP) is 2.69. The van der Waals surface area contributed by atoms with Crippen molar-refractivity contribution in [3.8, 4) is 5.75 Å². The van der Waals surface area contributed by atoms with Crippen LogP contribution < -0.4 is 0 Å². The molecule has 15 heavy (non-hydrogen) atoms. The first-order chi connectivity index (χ1) is 7.06. The molecule has 1 aromatic rings. The number of aromatic hydroxyl groups is 1. The molecule has 0 aliphatic heterocycles. The van der Waals surface area contributed by atoms with Gasteiger partial charge in [0, 0.05) is 0 Å². The first kappa shape index (κ1) is 11.6. The van der Waals surface area contributed by atoms with Crippen LogP contribution in [0.2, 0.25) is 0 Å². The minimum Gasteiger partial charge on any atom is -0.508 e. The highest BCUT2D eigenvalue weighted by atomic mass is 16.5. The SMILES string of the molecule is CCOC(=O)c1ccc(O)c(C(C)C)c1. The Morgan fingerprint density at radius 3 is 2.67 bits per heavy atom. The second-order valence-corrected chi connectivity index (χ2v) is 3.65. The van der Waals surface area contributed by atoms with Crippen LogP contribution in [0.5, 0.6) is 5.75 Å². The van der Waals surface area contributed by atoms with E-state index in [1.807, 2.05) is 13.8 Å². The molecule has 0 unspecified atom stereocenters. The average Bonchev–Trinajstić information content (AvgIpc) is 2.18. The van der Waals surface area contributed by atoms with Gasteiger partial charge in [-0.15, -0.1) is 0 Å². The number of phenolic OH excluding ortho intramolecular Hbond substituents is 1. The quantitative estimate of drug-likeness (QED) is 0.777. The van der Waals surface area contributed by atoms with Gasteiger partial charge in [0.15, 0.2) is 0 Å². The molecular formula is C12H16O3. The summed E-state index contributed by atoms with van der Waals surface area (Å²) in [7, 11) is 0. The summed E-state index contributed by atoms with van der Waals surface area (Å²) in [4.78, 5) is 11.4. The Balaban J connectivity index is 3.02. The van der Waals surface area contributed by atoms with E-state index >= 15 is 0 Å². The van der Waals surface area contributed by atoms with Crippen molar-refractivity contribution < 1.29 is 14.6 Å². The van der Waals surface area contributed by atoms with E-state index in [0.717, 1.165) is 5.56 Å². The van der Waals surface area contributed by atoms with Crippen LogP contribution in [-0.4, -0.2) is 17.7 Å². The fourth-order valence-corrected chi connectivity index (χ4v) is 1.36. The molecule has 0 radical (unpaired) electrons. The van der Waals surface area contributed by atoms with Crippen LogP contribution >= 0.6 is 0 Å². The largest absolute Gasteiger partial charge is 0.508 e. The van der Waals surface area contributed by atoms with Gasteiger partial charge in [-0.2, -0.15) is 0 Å². The lowest BCUT2D eigenvalue weighted by atomic mass is 10.00. The van der Waals surface area contributed by atoms with E-state index in [-0.39, 0.29) is 17.6 Å². The molecule has 0 aliphatic carbocycles. The Bertz CT molecular complexity index is 356. The summed E-state index contributed by atoms with van der Waals surface area (Å²) < 4.78 is 4.88. The van der Waals surface area contributed by atoms with Crippen LogP contribution in [0.15, 0.2) is 18.2 Å². The van der Waals surface area contributed by atoms with Gasteiger partial charge < -0.3 is 9.84 Å². The summed E-state index contributed by atoms with van der Waals surface area (Å²) in [5.74, 6) is 0.0526. The maximum Gasteiger partial charge on any atom is 0.338 e. The summed E-state index contributed by atoms with van der Waals surface area (Å²) in [5, 5.41) is 9.56. The summed E-state index contributed by atoms with van der Waals surface area (Å²) in [6, 6.07) is 4.78. The zero-order chi connectivity index (χ0) is 11.4. The Labute approximate surface area is 89.7 Å². The highest BCUT2D eigenvalue weighted by Gasteiger charge is 2.11. The van der Waals surface area contributed by atoms with Crippen LogP contribution in [-0.2, 0) is 4.74 Å². The number of hydrogen-bond donors (Lipinski definition) is 1. The van der Waals surface area contributed by atoms with E-state index in [4.69, 9.17) is 4.74 Å². The van der Waals surface area contributed by atoms with E-state index in [1.165, 1.54) is 6.07 Å². The second-order valence-electron chi connectivity index (χ2n) is 3.65. The van der Waals surface area contributed by atoms with E-state index in [0.29, 0.717) is 12.2 Å². The van der Waals surface area contributed by atoms with Crippen molar-refractivity contribution in [2.75, 3.05) is 6.61 Å². The topological polar surface area (TPSA) is 46.5 Å². The normalized spacial score (nSPS) is 10.4. The number of hydrogen-bond acceptors (Lipinski definition) is 3. The maximum atomic E-state index is 11.4. The first-order valence-electron chi connectivity index (χ1n) is 5.06. The van der Waals surface area contributed by atoms with Gasteiger partial charge in [-0.3, -0.25) is 0 Å². The number of carbonyl (C=O) groups excluding carboxylic acids is 1. The van der Waals surface area contributed by atoms with Gasteiger partial charge in [-0.1, -0.05) is 13.8 Å². The maximum absolute atomic E-state index is 11.4. The third-order valence-electron chi connectivity index (χ3n) is 2.16. The van der Waals surface area contributed by atoms with E-state index in [1.54, 1.807) is 19.1 Å². The van der Waals surface area contributed by atoms with Crippen molar-refractivity contribution in [2.45, 2.75) is 26.7 Å². The fraction of sp³-hybridized carbons (Fsp3) is 0.417. The van der Waals surface area contributed by atoms with Crippen molar-refractivity contribution >= 4 is 5.97 Å². The third kappa shape index (κ3) is 2.72. The molecule has 1 rings (SSSR count). The Hall–Kier alpha value is -1.51. The molecule has 0 aliphatic rings. The Kier molecular flexibility index (Phi) is 3.72. The summed E-state index contributed by atoms with van der Waals surface area (Å²) >= 11 is 0. The van der Waals surface area contributed by atoms with Gasteiger partial charge in [0.1, 0.15) is 5.75 Å². The predicted molar refractivity (Wildman–Crippen MR) is 58.2 cm³/mol. The molecular weight excluding hydrogens is 192 g/mol. The third-order valence-corrected chi connectivity index (χ3v) is 2.16. The molecule has 0 atom stereocenters. The lowest BCUT2D eigenvalue weighted by Gasteiger charge is -2.09. The summed E-state index contributed by atoms with van der Waals surface area (Å²) in [6.07, 6.45) is 0. The van der Waals surface area contributed by atoms with Crippen molar-refractivity contribution in [1.29, 1.82) is 0 Å². The second kappa shape index (κ2) is 4.82. The fourth-order valence-electron chi connectivity index (χ4n) is 1.36. The van der Waals surface area contributed by atoms with Crippen LogP contribution in [0.4, 0.5) is 0 Å². The van der Waals surface area contributed by atoms with Crippen molar-refractivity contribution in [3.63, 3.8) is 0 Å². The van der Waals surface area contributed by atoms with Gasteiger partial charge in [0.05, 0.1) is 12.2 Å². The van der Waals surface area contributed by atoms with Gasteiger partial charge in [0.25, 0.3) is 0 Å². The zero-order valence-electron chi connectivity index (χ0n) is 9.28. The first-order valence-corrected chi connectivity index (χ1v) is 5.06. The molecule has 0 spiro atoms. The van der Waals surface area contributed by atoms with E-state index < -0.39 is 0 Å². The molecule has 1 aromatic carbocycles. The lowest BCUT2D eigenvalue weighted by molar-refractivity contribution is 0.0526. The summed E-state index contributed by atoms with van der Waals surface area (Å²) in [5.41, 5.74) is 1.25. The molecule has 0 heterocycles. The minimum atomic E-state index is -0.348. The molecule has 0 saturated carbocycles. The summed E-state index contributed by atoms with van der Waals surface area (Å²) in [6.45, 7) is 6.05. The number of benzene rings is 1. The molecule has 0 saturated heterocycles. The standard InChI is InChI=1S/C12H16O3/c1-4-15-12(14)9-5-6-11(13)10(7-9)8(2)3/h5-8,13H,4H2,1-3H3. The van der Waals surface area contributed by atoms with Crippen LogP contribution in [0.1, 0.15) is 42.6 Å². The van der Waals surface area contributed by atoms with Gasteiger partial charge >= 0.3 is 5.97 Å². The van der Waals surface area contributed by atoms with Gasteiger partial charge in [-0.25, -0.2) is 4.79 Å². The number of rotatable bonds is 3.